The van der Waals surface area contributed by atoms with Gasteiger partial charge in [0.15, 0.2) is 5.13 Å². The van der Waals surface area contributed by atoms with Crippen molar-refractivity contribution in [1.29, 1.82) is 0 Å². The summed E-state index contributed by atoms with van der Waals surface area (Å²) in [5, 5.41) is 0.597. The van der Waals surface area contributed by atoms with Crippen LogP contribution >= 0.6 is 11.3 Å². The van der Waals surface area contributed by atoms with Crippen LogP contribution < -0.4 is 5.73 Å². The van der Waals surface area contributed by atoms with E-state index in [1.165, 1.54) is 30.6 Å². The number of thiazole rings is 1. The van der Waals surface area contributed by atoms with Crippen LogP contribution in [0, 0.1) is 0 Å². The van der Waals surface area contributed by atoms with Crippen molar-refractivity contribution in [3.8, 4) is 11.4 Å². The second-order valence-electron chi connectivity index (χ2n) is 4.71. The van der Waals surface area contributed by atoms with Gasteiger partial charge in [-0.05, 0) is 31.4 Å². The highest BCUT2D eigenvalue weighted by atomic mass is 32.1. The highest BCUT2D eigenvalue weighted by molar-refractivity contribution is 7.15. The molecule has 0 bridgehead atoms. The van der Waals surface area contributed by atoms with E-state index in [2.05, 4.69) is 9.97 Å². The molecule has 0 aromatic carbocycles. The van der Waals surface area contributed by atoms with Crippen LogP contribution in [0.4, 0.5) is 5.13 Å². The Labute approximate surface area is 116 Å². The number of ether oxygens (including phenoxy) is 1. The minimum atomic E-state index is 0.476. The lowest BCUT2D eigenvalue weighted by Gasteiger charge is -2.25. The molecule has 0 unspecified atom stereocenters. The predicted octanol–water partition coefficient (Wildman–Crippen LogP) is 2.90. The van der Waals surface area contributed by atoms with E-state index in [-0.39, 0.29) is 0 Å². The zero-order chi connectivity index (χ0) is 13.1. The van der Waals surface area contributed by atoms with Gasteiger partial charge in [0.2, 0.25) is 0 Å². The lowest BCUT2D eigenvalue weighted by atomic mass is 9.96. The second kappa shape index (κ2) is 5.67. The Kier molecular flexibility index (Phi) is 3.75. The van der Waals surface area contributed by atoms with E-state index >= 15 is 0 Å². The Hall–Kier alpha value is -1.46. The molecule has 0 amide bonds. The van der Waals surface area contributed by atoms with E-state index < -0.39 is 0 Å². The third-order valence-corrected chi connectivity index (χ3v) is 4.30. The largest absolute Gasteiger partial charge is 0.378 e. The molecule has 0 atom stereocenters. The minimum Gasteiger partial charge on any atom is -0.378 e. The van der Waals surface area contributed by atoms with E-state index in [9.17, 15) is 0 Å². The summed E-state index contributed by atoms with van der Waals surface area (Å²) in [6, 6.07) is 5.83. The first-order valence-corrected chi connectivity index (χ1v) is 7.43. The molecule has 1 fully saturated rings. The molecule has 4 nitrogen and oxygen atoms in total. The fourth-order valence-corrected chi connectivity index (χ4v) is 2.92. The molecule has 0 spiro atoms. The molecule has 1 saturated carbocycles. The molecule has 0 aliphatic heterocycles. The summed E-state index contributed by atoms with van der Waals surface area (Å²) in [6.07, 6.45) is 6.83. The van der Waals surface area contributed by atoms with Gasteiger partial charge in [0.25, 0.3) is 0 Å². The van der Waals surface area contributed by atoms with Crippen LogP contribution in [-0.2, 0) is 11.2 Å². The Morgan fingerprint density at radius 3 is 2.95 bits per heavy atom. The summed E-state index contributed by atoms with van der Waals surface area (Å²) in [7, 11) is 0. The van der Waals surface area contributed by atoms with Crippen molar-refractivity contribution in [1.82, 2.24) is 9.97 Å². The Morgan fingerprint density at radius 2 is 2.26 bits per heavy atom. The van der Waals surface area contributed by atoms with E-state index in [0.717, 1.165) is 29.3 Å². The lowest BCUT2D eigenvalue weighted by Crippen LogP contribution is -2.22. The molecule has 0 saturated heterocycles. The van der Waals surface area contributed by atoms with Gasteiger partial charge in [0, 0.05) is 17.5 Å². The van der Waals surface area contributed by atoms with Crippen LogP contribution in [-0.4, -0.2) is 22.7 Å². The lowest BCUT2D eigenvalue weighted by molar-refractivity contribution is 0.00438. The molecule has 2 heterocycles. The maximum Gasteiger partial charge on any atom is 0.180 e. The number of nitrogens with zero attached hydrogens (tertiary/aromatic N) is 2. The Morgan fingerprint density at radius 1 is 1.37 bits per heavy atom. The van der Waals surface area contributed by atoms with Crippen molar-refractivity contribution in [2.24, 2.45) is 0 Å². The maximum atomic E-state index is 5.82. The molecule has 2 aromatic rings. The fraction of sp³-hybridized carbons (Fsp3) is 0.429. The number of anilines is 1. The minimum absolute atomic E-state index is 0.476. The van der Waals surface area contributed by atoms with E-state index in [4.69, 9.17) is 10.5 Å². The highest BCUT2D eigenvalue weighted by Gasteiger charge is 2.18. The van der Waals surface area contributed by atoms with Gasteiger partial charge in [-0.2, -0.15) is 0 Å². The standard InChI is InChI=1S/C14H17N3OS/c15-14-17-13(11-6-1-2-8-16-11)12(19-14)7-9-18-10-4-3-5-10/h1-2,6,8,10H,3-5,7,9H2,(H2,15,17). The van der Waals surface area contributed by atoms with E-state index in [1.807, 2.05) is 18.2 Å². The Balaban J connectivity index is 1.70. The van der Waals surface area contributed by atoms with E-state index in [0.29, 0.717) is 11.2 Å². The summed E-state index contributed by atoms with van der Waals surface area (Å²) in [6.45, 7) is 0.742. The monoisotopic (exact) mass is 275 g/mol. The molecule has 5 heteroatoms. The summed E-state index contributed by atoms with van der Waals surface area (Å²) in [4.78, 5) is 9.89. The second-order valence-corrected chi connectivity index (χ2v) is 5.83. The van der Waals surface area contributed by atoms with Crippen LogP contribution in [0.1, 0.15) is 24.1 Å². The molecule has 0 radical (unpaired) electrons. The van der Waals surface area contributed by atoms with Gasteiger partial charge in [-0.1, -0.05) is 6.07 Å². The van der Waals surface area contributed by atoms with Crippen LogP contribution in [0.15, 0.2) is 24.4 Å². The van der Waals surface area contributed by atoms with Gasteiger partial charge >= 0.3 is 0 Å². The van der Waals surface area contributed by atoms with Gasteiger partial charge in [-0.25, -0.2) is 4.98 Å². The van der Waals surface area contributed by atoms with Crippen LogP contribution in [0.3, 0.4) is 0 Å². The number of nitrogens with two attached hydrogens (primary N) is 1. The number of aromatic nitrogens is 2. The van der Waals surface area contributed by atoms with Gasteiger partial charge in [-0.3, -0.25) is 4.98 Å². The van der Waals surface area contributed by atoms with Crippen molar-refractivity contribution in [3.05, 3.63) is 29.3 Å². The fourth-order valence-electron chi connectivity index (χ4n) is 2.10. The van der Waals surface area contributed by atoms with Crippen LogP contribution in [0.2, 0.25) is 0 Å². The highest BCUT2D eigenvalue weighted by Crippen LogP contribution is 2.29. The molecular weight excluding hydrogens is 258 g/mol. The quantitative estimate of drug-likeness (QED) is 0.911. The first kappa shape index (κ1) is 12.6. The summed E-state index contributed by atoms with van der Waals surface area (Å²) in [5.41, 5.74) is 7.61. The van der Waals surface area contributed by atoms with Gasteiger partial charge in [0.1, 0.15) is 5.69 Å². The number of nitrogen functional groups attached to an aromatic ring is 1. The average molecular weight is 275 g/mol. The summed E-state index contributed by atoms with van der Waals surface area (Å²) < 4.78 is 5.80. The van der Waals surface area contributed by atoms with E-state index in [1.54, 1.807) is 6.20 Å². The zero-order valence-corrected chi connectivity index (χ0v) is 11.5. The SMILES string of the molecule is Nc1nc(-c2ccccn2)c(CCOC2CCC2)s1. The third-order valence-electron chi connectivity index (χ3n) is 3.36. The molecule has 1 aliphatic rings. The normalized spacial score (nSPS) is 15.4. The summed E-state index contributed by atoms with van der Waals surface area (Å²) in [5.74, 6) is 0. The van der Waals surface area contributed by atoms with Gasteiger partial charge in [0.05, 0.1) is 18.4 Å². The topological polar surface area (TPSA) is 61.0 Å². The first-order valence-electron chi connectivity index (χ1n) is 6.61. The smallest absolute Gasteiger partial charge is 0.180 e. The van der Waals surface area contributed by atoms with Gasteiger partial charge < -0.3 is 10.5 Å². The average Bonchev–Trinajstić information content (AvgIpc) is 2.75. The van der Waals surface area contributed by atoms with Crippen LogP contribution in [0.25, 0.3) is 11.4 Å². The molecule has 2 N–H and O–H groups in total. The number of hydrogen-bond donors (Lipinski definition) is 1. The van der Waals surface area contributed by atoms with Crippen molar-refractivity contribution in [2.75, 3.05) is 12.3 Å². The number of pyridine rings is 1. The molecule has 1 aliphatic carbocycles. The number of hydrogen-bond acceptors (Lipinski definition) is 5. The number of rotatable bonds is 5. The molecule has 100 valence electrons. The molecule has 2 aromatic heterocycles. The Bertz CT molecular complexity index is 537. The zero-order valence-electron chi connectivity index (χ0n) is 10.7. The maximum absolute atomic E-state index is 5.82. The summed E-state index contributed by atoms with van der Waals surface area (Å²) >= 11 is 1.53. The van der Waals surface area contributed by atoms with Crippen molar-refractivity contribution in [2.45, 2.75) is 31.8 Å². The van der Waals surface area contributed by atoms with Crippen molar-refractivity contribution in [3.63, 3.8) is 0 Å². The van der Waals surface area contributed by atoms with Crippen molar-refractivity contribution >= 4 is 16.5 Å². The van der Waals surface area contributed by atoms with Gasteiger partial charge in [-0.15, -0.1) is 11.3 Å². The van der Waals surface area contributed by atoms with Crippen LogP contribution in [0.5, 0.6) is 0 Å². The molecule has 19 heavy (non-hydrogen) atoms. The molecular formula is C14H17N3OS. The predicted molar refractivity (Wildman–Crippen MR) is 77.1 cm³/mol. The first-order chi connectivity index (χ1) is 9.33. The third kappa shape index (κ3) is 2.93. The molecule has 3 rings (SSSR count). The van der Waals surface area contributed by atoms with Crippen molar-refractivity contribution < 1.29 is 4.74 Å².